The average molecular weight is 331 g/mol. The molecule has 0 bridgehead atoms. The molecule has 24 heavy (non-hydrogen) atoms. The van der Waals surface area contributed by atoms with Crippen molar-refractivity contribution in [3.8, 4) is 0 Å². The Morgan fingerprint density at radius 1 is 1.42 bits per heavy atom. The molecule has 2 N–H and O–H groups in total. The molecule has 0 spiro atoms. The molecule has 5 heteroatoms. The zero-order valence-corrected chi connectivity index (χ0v) is 15.0. The maximum absolute atomic E-state index is 12.2. The van der Waals surface area contributed by atoms with Gasteiger partial charge in [-0.3, -0.25) is 4.90 Å². The molecule has 132 valence electrons. The first-order valence-corrected chi connectivity index (χ1v) is 9.00. The Bertz CT molecular complexity index is 590. The van der Waals surface area contributed by atoms with E-state index in [0.29, 0.717) is 12.6 Å². The van der Waals surface area contributed by atoms with E-state index in [0.717, 1.165) is 13.2 Å². The zero-order valence-electron chi connectivity index (χ0n) is 15.0. The van der Waals surface area contributed by atoms with E-state index in [2.05, 4.69) is 41.5 Å². The van der Waals surface area contributed by atoms with Crippen molar-refractivity contribution in [1.29, 1.82) is 0 Å². The van der Waals surface area contributed by atoms with Crippen LogP contribution in [0.3, 0.4) is 0 Å². The molecule has 2 heterocycles. The first kappa shape index (κ1) is 17.2. The van der Waals surface area contributed by atoms with Crippen LogP contribution in [0.2, 0.25) is 0 Å². The molecule has 2 aliphatic rings. The molecule has 1 aromatic carbocycles. The van der Waals surface area contributed by atoms with Crippen molar-refractivity contribution in [2.45, 2.75) is 51.8 Å². The van der Waals surface area contributed by atoms with E-state index in [4.69, 9.17) is 4.74 Å². The molecule has 2 saturated heterocycles. The largest absolute Gasteiger partial charge is 0.373 e. The third kappa shape index (κ3) is 3.90. The summed E-state index contributed by atoms with van der Waals surface area (Å²) in [7, 11) is 0. The monoisotopic (exact) mass is 331 g/mol. The van der Waals surface area contributed by atoms with E-state index in [1.54, 1.807) is 0 Å². The highest BCUT2D eigenvalue weighted by molar-refractivity contribution is 5.74. The van der Waals surface area contributed by atoms with E-state index in [1.807, 2.05) is 13.0 Å². The summed E-state index contributed by atoms with van der Waals surface area (Å²) in [5.74, 6) is 0. The fraction of sp³-hybridized carbons (Fsp3) is 0.632. The van der Waals surface area contributed by atoms with Crippen LogP contribution >= 0.6 is 0 Å². The lowest BCUT2D eigenvalue weighted by atomic mass is 9.98. The van der Waals surface area contributed by atoms with E-state index < -0.39 is 0 Å². The van der Waals surface area contributed by atoms with Gasteiger partial charge in [-0.1, -0.05) is 18.2 Å². The van der Waals surface area contributed by atoms with Gasteiger partial charge in [0.25, 0.3) is 0 Å². The van der Waals surface area contributed by atoms with Crippen molar-refractivity contribution in [1.82, 2.24) is 15.5 Å². The fourth-order valence-corrected chi connectivity index (χ4v) is 3.78. The molecule has 0 unspecified atom stereocenters. The smallest absolute Gasteiger partial charge is 0.315 e. The molecular weight excluding hydrogens is 302 g/mol. The summed E-state index contributed by atoms with van der Waals surface area (Å²) in [5.41, 5.74) is 3.65. The minimum atomic E-state index is -0.129. The quantitative estimate of drug-likeness (QED) is 0.891. The Morgan fingerprint density at radius 3 is 3.08 bits per heavy atom. The summed E-state index contributed by atoms with van der Waals surface area (Å²) in [6.07, 6.45) is 2.61. The minimum absolute atomic E-state index is 0.0138. The lowest BCUT2D eigenvalue weighted by Gasteiger charge is -2.35. The zero-order chi connectivity index (χ0) is 17.1. The Kier molecular flexibility index (Phi) is 5.41. The molecule has 2 aliphatic heterocycles. The molecule has 0 aliphatic carbocycles. The van der Waals surface area contributed by atoms with Crippen molar-refractivity contribution < 1.29 is 9.53 Å². The fourth-order valence-electron chi connectivity index (χ4n) is 3.78. The van der Waals surface area contributed by atoms with Gasteiger partial charge in [0, 0.05) is 19.1 Å². The number of carbonyl (C=O) groups excluding carboxylic acids is 1. The predicted molar refractivity (Wildman–Crippen MR) is 95.2 cm³/mol. The van der Waals surface area contributed by atoms with Crippen LogP contribution < -0.4 is 10.6 Å². The van der Waals surface area contributed by atoms with E-state index in [1.165, 1.54) is 36.1 Å². The highest BCUT2D eigenvalue weighted by atomic mass is 16.5. The molecule has 0 saturated carbocycles. The summed E-state index contributed by atoms with van der Waals surface area (Å²) in [6, 6.07) is 6.66. The maximum Gasteiger partial charge on any atom is 0.315 e. The second-order valence-electron chi connectivity index (χ2n) is 7.11. The number of rotatable bonds is 4. The van der Waals surface area contributed by atoms with Gasteiger partial charge < -0.3 is 15.4 Å². The van der Waals surface area contributed by atoms with Gasteiger partial charge in [0.05, 0.1) is 18.8 Å². The maximum atomic E-state index is 12.2. The number of carbonyl (C=O) groups is 1. The van der Waals surface area contributed by atoms with Crippen LogP contribution in [0.5, 0.6) is 0 Å². The minimum Gasteiger partial charge on any atom is -0.373 e. The number of fused-ring (bicyclic) bond motifs is 1. The molecular formula is C19H29N3O2. The van der Waals surface area contributed by atoms with Gasteiger partial charge in [-0.25, -0.2) is 4.79 Å². The Hall–Kier alpha value is -1.59. The van der Waals surface area contributed by atoms with Crippen LogP contribution in [0.4, 0.5) is 4.79 Å². The van der Waals surface area contributed by atoms with Crippen LogP contribution in [0.15, 0.2) is 18.2 Å². The van der Waals surface area contributed by atoms with Crippen LogP contribution in [0.1, 0.15) is 42.5 Å². The SMILES string of the molecule is Cc1cccc([C@H](C)NC(=O)NC[C@H]2CN3CCC[C@H]3CO2)c1C. The summed E-state index contributed by atoms with van der Waals surface area (Å²) in [4.78, 5) is 14.7. The lowest BCUT2D eigenvalue weighted by molar-refractivity contribution is -0.0458. The molecule has 2 fully saturated rings. The highest BCUT2D eigenvalue weighted by Gasteiger charge is 2.32. The van der Waals surface area contributed by atoms with Crippen molar-refractivity contribution in [3.63, 3.8) is 0 Å². The molecule has 0 aromatic heterocycles. The van der Waals surface area contributed by atoms with Gasteiger partial charge in [-0.2, -0.15) is 0 Å². The van der Waals surface area contributed by atoms with Gasteiger partial charge in [0.1, 0.15) is 0 Å². The third-order valence-electron chi connectivity index (χ3n) is 5.41. The van der Waals surface area contributed by atoms with Gasteiger partial charge in [-0.15, -0.1) is 0 Å². The molecule has 1 aromatic rings. The summed E-state index contributed by atoms with van der Waals surface area (Å²) >= 11 is 0. The van der Waals surface area contributed by atoms with E-state index in [-0.39, 0.29) is 18.2 Å². The second kappa shape index (κ2) is 7.53. The van der Waals surface area contributed by atoms with Crippen molar-refractivity contribution in [2.24, 2.45) is 0 Å². The number of hydrogen-bond acceptors (Lipinski definition) is 3. The molecule has 3 rings (SSSR count). The number of amides is 2. The Labute approximate surface area is 144 Å². The van der Waals surface area contributed by atoms with Crippen LogP contribution in [0, 0.1) is 13.8 Å². The normalized spacial score (nSPS) is 25.1. The van der Waals surface area contributed by atoms with E-state index >= 15 is 0 Å². The van der Waals surface area contributed by atoms with Crippen molar-refractivity contribution in [3.05, 3.63) is 34.9 Å². The second-order valence-corrected chi connectivity index (χ2v) is 7.11. The van der Waals surface area contributed by atoms with Gasteiger partial charge in [0.15, 0.2) is 0 Å². The number of hydrogen-bond donors (Lipinski definition) is 2. The predicted octanol–water partition coefficient (Wildman–Crippen LogP) is 2.53. The van der Waals surface area contributed by atoms with Crippen LogP contribution in [-0.2, 0) is 4.74 Å². The molecule has 2 amide bonds. The molecule has 3 atom stereocenters. The van der Waals surface area contributed by atoms with Gasteiger partial charge in [-0.05, 0) is 56.8 Å². The number of nitrogens with one attached hydrogen (secondary N) is 2. The Morgan fingerprint density at radius 2 is 2.25 bits per heavy atom. The van der Waals surface area contributed by atoms with E-state index in [9.17, 15) is 4.79 Å². The van der Waals surface area contributed by atoms with Crippen molar-refractivity contribution in [2.75, 3.05) is 26.2 Å². The third-order valence-corrected chi connectivity index (χ3v) is 5.41. The highest BCUT2D eigenvalue weighted by Crippen LogP contribution is 2.22. The summed E-state index contributed by atoms with van der Waals surface area (Å²) in [6.45, 7) is 9.67. The molecule has 5 nitrogen and oxygen atoms in total. The Balaban J connectivity index is 1.46. The first-order valence-electron chi connectivity index (χ1n) is 9.00. The topological polar surface area (TPSA) is 53.6 Å². The number of nitrogens with zero attached hydrogens (tertiary/aromatic N) is 1. The summed E-state index contributed by atoms with van der Waals surface area (Å²) in [5, 5.41) is 6.00. The van der Waals surface area contributed by atoms with Crippen LogP contribution in [-0.4, -0.2) is 49.3 Å². The number of benzene rings is 1. The standard InChI is InChI=1S/C19H29N3O2/c1-13-6-4-8-18(14(13)2)15(3)21-19(23)20-10-17-11-22-9-5-7-16(22)12-24-17/h4,6,8,15-17H,5,7,9-12H2,1-3H3,(H2,20,21,23)/t15-,16-,17-/m0/s1. The average Bonchev–Trinajstić information content (AvgIpc) is 3.03. The van der Waals surface area contributed by atoms with Crippen LogP contribution in [0.25, 0.3) is 0 Å². The van der Waals surface area contributed by atoms with Gasteiger partial charge >= 0.3 is 6.03 Å². The molecule has 0 radical (unpaired) electrons. The lowest BCUT2D eigenvalue weighted by Crippen LogP contribution is -2.51. The first-order chi connectivity index (χ1) is 11.5. The van der Waals surface area contributed by atoms with Gasteiger partial charge in [0.2, 0.25) is 0 Å². The number of urea groups is 1. The summed E-state index contributed by atoms with van der Waals surface area (Å²) < 4.78 is 5.88. The van der Waals surface area contributed by atoms with Crippen molar-refractivity contribution >= 4 is 6.03 Å². The number of ether oxygens (including phenoxy) is 1. The number of aryl methyl sites for hydroxylation is 1. The number of morpholine rings is 1.